The number of hydrogen-bond donors (Lipinski definition) is 1. The molecule has 1 aliphatic rings. The first-order valence-corrected chi connectivity index (χ1v) is 8.71. The van der Waals surface area contributed by atoms with Crippen molar-refractivity contribution in [1.29, 1.82) is 0 Å². The van der Waals surface area contributed by atoms with Crippen molar-refractivity contribution < 1.29 is 4.79 Å². The maximum atomic E-state index is 12.9. The van der Waals surface area contributed by atoms with Gasteiger partial charge in [-0.05, 0) is 54.7 Å². The lowest BCUT2D eigenvalue weighted by Crippen LogP contribution is -2.21. The minimum absolute atomic E-state index is 0.212. The Morgan fingerprint density at radius 1 is 1.04 bits per heavy atom. The summed E-state index contributed by atoms with van der Waals surface area (Å²) in [5.41, 5.74) is 4.30. The van der Waals surface area contributed by atoms with Gasteiger partial charge < -0.3 is 4.98 Å². The van der Waals surface area contributed by atoms with Gasteiger partial charge in [-0.2, -0.15) is 0 Å². The van der Waals surface area contributed by atoms with Crippen molar-refractivity contribution >= 4 is 11.9 Å². The SMILES string of the molecule is O=C(/C=C/c1ccccn1)c1c(-c2ccccc2)c2c([nH]c1=O)CCC2. The van der Waals surface area contributed by atoms with Gasteiger partial charge in [-0.3, -0.25) is 14.6 Å². The van der Waals surface area contributed by atoms with Crippen LogP contribution in [0.5, 0.6) is 0 Å². The Labute approximate surface area is 151 Å². The lowest BCUT2D eigenvalue weighted by Gasteiger charge is -2.12. The van der Waals surface area contributed by atoms with Crippen LogP contribution in [0.25, 0.3) is 17.2 Å². The minimum Gasteiger partial charge on any atom is -0.325 e. The highest BCUT2D eigenvalue weighted by Gasteiger charge is 2.24. The molecule has 128 valence electrons. The molecule has 4 heteroatoms. The fraction of sp³-hybridized carbons (Fsp3) is 0.136. The van der Waals surface area contributed by atoms with Crippen LogP contribution in [-0.4, -0.2) is 15.8 Å². The molecule has 1 N–H and O–H groups in total. The van der Waals surface area contributed by atoms with E-state index in [2.05, 4.69) is 9.97 Å². The Bertz CT molecular complexity index is 1030. The molecule has 0 radical (unpaired) electrons. The number of aromatic amines is 1. The molecule has 0 spiro atoms. The molecule has 0 fully saturated rings. The number of ketones is 1. The van der Waals surface area contributed by atoms with Crippen molar-refractivity contribution in [3.8, 4) is 11.1 Å². The Morgan fingerprint density at radius 2 is 1.85 bits per heavy atom. The summed E-state index contributed by atoms with van der Waals surface area (Å²) >= 11 is 0. The van der Waals surface area contributed by atoms with Crippen molar-refractivity contribution in [2.45, 2.75) is 19.3 Å². The molecule has 1 aliphatic carbocycles. The number of rotatable bonds is 4. The van der Waals surface area contributed by atoms with Crippen LogP contribution in [0.4, 0.5) is 0 Å². The van der Waals surface area contributed by atoms with Gasteiger partial charge in [0.2, 0.25) is 0 Å². The number of H-pyrrole nitrogens is 1. The maximum Gasteiger partial charge on any atom is 0.260 e. The Balaban J connectivity index is 1.85. The van der Waals surface area contributed by atoms with Crippen LogP contribution in [-0.2, 0) is 12.8 Å². The number of aryl methyl sites for hydroxylation is 1. The van der Waals surface area contributed by atoms with E-state index in [1.165, 1.54) is 6.08 Å². The van der Waals surface area contributed by atoms with Crippen LogP contribution >= 0.6 is 0 Å². The highest BCUT2D eigenvalue weighted by atomic mass is 16.1. The summed E-state index contributed by atoms with van der Waals surface area (Å²) in [7, 11) is 0. The molecule has 0 saturated heterocycles. The van der Waals surface area contributed by atoms with Gasteiger partial charge in [-0.1, -0.05) is 36.4 Å². The molecule has 0 amide bonds. The molecule has 2 heterocycles. The molecular weight excluding hydrogens is 324 g/mol. The Hall–Kier alpha value is -3.27. The molecule has 26 heavy (non-hydrogen) atoms. The predicted octanol–water partition coefficient (Wildman–Crippen LogP) is 3.82. The lowest BCUT2D eigenvalue weighted by atomic mass is 9.92. The maximum absolute atomic E-state index is 12.9. The van der Waals surface area contributed by atoms with E-state index in [1.54, 1.807) is 12.3 Å². The summed E-state index contributed by atoms with van der Waals surface area (Å²) < 4.78 is 0. The topological polar surface area (TPSA) is 62.8 Å². The molecule has 0 aliphatic heterocycles. The van der Waals surface area contributed by atoms with Gasteiger partial charge in [0.05, 0.1) is 11.3 Å². The molecule has 0 bridgehead atoms. The zero-order chi connectivity index (χ0) is 17.9. The third kappa shape index (κ3) is 3.02. The third-order valence-electron chi connectivity index (χ3n) is 4.66. The van der Waals surface area contributed by atoms with E-state index in [0.29, 0.717) is 5.69 Å². The summed E-state index contributed by atoms with van der Waals surface area (Å²) in [4.78, 5) is 32.7. The van der Waals surface area contributed by atoms with Crippen molar-refractivity contribution in [2.24, 2.45) is 0 Å². The number of allylic oxidation sites excluding steroid dienone is 1. The number of nitrogens with one attached hydrogen (secondary N) is 1. The number of aromatic nitrogens is 2. The van der Waals surface area contributed by atoms with Crippen molar-refractivity contribution in [1.82, 2.24) is 9.97 Å². The van der Waals surface area contributed by atoms with E-state index >= 15 is 0 Å². The number of pyridine rings is 2. The second-order valence-electron chi connectivity index (χ2n) is 6.33. The van der Waals surface area contributed by atoms with E-state index in [0.717, 1.165) is 41.6 Å². The van der Waals surface area contributed by atoms with Crippen LogP contribution in [0.15, 0.2) is 65.6 Å². The standard InChI is InChI=1S/C22H18N2O2/c25-19(13-12-16-9-4-5-14-23-16)21-20(15-7-2-1-3-8-15)17-10-6-11-18(17)24-22(21)26/h1-5,7-9,12-14H,6,10-11H2,(H,24,26)/b13-12+. The van der Waals surface area contributed by atoms with Crippen LogP contribution in [0, 0.1) is 0 Å². The molecule has 4 nitrogen and oxygen atoms in total. The first-order valence-electron chi connectivity index (χ1n) is 8.71. The monoisotopic (exact) mass is 342 g/mol. The van der Waals surface area contributed by atoms with Gasteiger partial charge in [-0.15, -0.1) is 0 Å². The van der Waals surface area contributed by atoms with Gasteiger partial charge in [0.1, 0.15) is 0 Å². The van der Waals surface area contributed by atoms with E-state index in [-0.39, 0.29) is 16.9 Å². The van der Waals surface area contributed by atoms with E-state index < -0.39 is 0 Å². The van der Waals surface area contributed by atoms with Crippen LogP contribution in [0.2, 0.25) is 0 Å². The fourth-order valence-electron chi connectivity index (χ4n) is 3.50. The number of hydrogen-bond acceptors (Lipinski definition) is 3. The second kappa shape index (κ2) is 6.92. The van der Waals surface area contributed by atoms with E-state index in [4.69, 9.17) is 0 Å². The molecule has 0 saturated carbocycles. The summed E-state index contributed by atoms with van der Waals surface area (Å²) in [6, 6.07) is 15.2. The lowest BCUT2D eigenvalue weighted by molar-refractivity contribution is 0.104. The summed E-state index contributed by atoms with van der Waals surface area (Å²) in [6.07, 6.45) is 7.46. The van der Waals surface area contributed by atoms with Crippen LogP contribution in [0.1, 0.15) is 33.7 Å². The van der Waals surface area contributed by atoms with Crippen molar-refractivity contribution in [2.75, 3.05) is 0 Å². The van der Waals surface area contributed by atoms with E-state index in [1.807, 2.05) is 48.5 Å². The van der Waals surface area contributed by atoms with Gasteiger partial charge in [0, 0.05) is 17.5 Å². The number of carbonyl (C=O) groups excluding carboxylic acids is 1. The van der Waals surface area contributed by atoms with Gasteiger partial charge in [0.25, 0.3) is 5.56 Å². The van der Waals surface area contributed by atoms with Gasteiger partial charge >= 0.3 is 0 Å². The normalized spacial score (nSPS) is 13.1. The van der Waals surface area contributed by atoms with E-state index in [9.17, 15) is 9.59 Å². The van der Waals surface area contributed by atoms with Crippen LogP contribution < -0.4 is 5.56 Å². The molecule has 4 rings (SSSR count). The highest BCUT2D eigenvalue weighted by Crippen LogP contribution is 2.32. The Morgan fingerprint density at radius 3 is 2.62 bits per heavy atom. The quantitative estimate of drug-likeness (QED) is 0.579. The average molecular weight is 342 g/mol. The molecule has 2 aromatic heterocycles. The molecule has 0 unspecified atom stereocenters. The highest BCUT2D eigenvalue weighted by molar-refractivity contribution is 6.11. The third-order valence-corrected chi connectivity index (χ3v) is 4.66. The minimum atomic E-state index is -0.319. The predicted molar refractivity (Wildman–Crippen MR) is 102 cm³/mol. The molecular formula is C22H18N2O2. The van der Waals surface area contributed by atoms with Crippen molar-refractivity contribution in [3.63, 3.8) is 0 Å². The number of fused-ring (bicyclic) bond motifs is 1. The Kier molecular flexibility index (Phi) is 4.32. The summed E-state index contributed by atoms with van der Waals surface area (Å²) in [5.74, 6) is -0.301. The average Bonchev–Trinajstić information content (AvgIpc) is 3.14. The largest absolute Gasteiger partial charge is 0.325 e. The number of nitrogens with zero attached hydrogens (tertiary/aromatic N) is 1. The molecule has 3 aromatic rings. The number of benzene rings is 1. The summed E-state index contributed by atoms with van der Waals surface area (Å²) in [6.45, 7) is 0. The zero-order valence-corrected chi connectivity index (χ0v) is 14.2. The molecule has 0 atom stereocenters. The van der Waals surface area contributed by atoms with Crippen molar-refractivity contribution in [3.05, 3.63) is 93.7 Å². The van der Waals surface area contributed by atoms with Gasteiger partial charge in [0.15, 0.2) is 5.78 Å². The van der Waals surface area contributed by atoms with Gasteiger partial charge in [-0.25, -0.2) is 0 Å². The summed E-state index contributed by atoms with van der Waals surface area (Å²) in [5, 5.41) is 0. The first-order chi connectivity index (χ1) is 12.7. The smallest absolute Gasteiger partial charge is 0.260 e. The number of carbonyl (C=O) groups is 1. The fourth-order valence-corrected chi connectivity index (χ4v) is 3.50. The van der Waals surface area contributed by atoms with Crippen LogP contribution in [0.3, 0.4) is 0 Å². The second-order valence-corrected chi connectivity index (χ2v) is 6.33. The zero-order valence-electron chi connectivity index (χ0n) is 14.2. The first kappa shape index (κ1) is 16.2. The molecule has 1 aromatic carbocycles.